The first kappa shape index (κ1) is 20.0. The molecule has 2 aromatic carbocycles. The zero-order valence-electron chi connectivity index (χ0n) is 15.2. The summed E-state index contributed by atoms with van der Waals surface area (Å²) >= 11 is 2.79. The number of thioether (sulfide) groups is 2. The first-order chi connectivity index (χ1) is 13.6. The largest absolute Gasteiger partial charge is 0.495 e. The minimum Gasteiger partial charge on any atom is -0.495 e. The van der Waals surface area contributed by atoms with Crippen molar-refractivity contribution in [2.45, 2.75) is 15.8 Å². The Morgan fingerprint density at radius 2 is 1.86 bits per heavy atom. The van der Waals surface area contributed by atoms with Crippen LogP contribution in [0.4, 0.5) is 5.69 Å². The molecule has 0 aliphatic rings. The topological polar surface area (TPSA) is 84.1 Å². The minimum absolute atomic E-state index is 0.121. The van der Waals surface area contributed by atoms with Gasteiger partial charge in [-0.05, 0) is 24.3 Å². The standard InChI is InChI=1S/C20H19N3O3S2/c1-26-17-10-6-5-9-16(17)22-19(25)13-28-20-21-14(11-18(24)23-20)12-27-15-7-3-2-4-8-15/h2-11H,12-13H2,1H3,(H,22,25)(H,21,23,24). The van der Waals surface area contributed by atoms with Gasteiger partial charge in [0, 0.05) is 16.7 Å². The van der Waals surface area contributed by atoms with Crippen LogP contribution in [0.25, 0.3) is 0 Å². The van der Waals surface area contributed by atoms with Crippen LogP contribution >= 0.6 is 23.5 Å². The summed E-state index contributed by atoms with van der Waals surface area (Å²) in [7, 11) is 1.55. The van der Waals surface area contributed by atoms with Gasteiger partial charge in [0.1, 0.15) is 5.75 Å². The van der Waals surface area contributed by atoms with Crippen LogP contribution in [0.5, 0.6) is 5.75 Å². The van der Waals surface area contributed by atoms with Crippen LogP contribution in [-0.2, 0) is 10.5 Å². The highest BCUT2D eigenvalue weighted by Gasteiger charge is 2.09. The number of hydrogen-bond acceptors (Lipinski definition) is 6. The summed E-state index contributed by atoms with van der Waals surface area (Å²) in [6, 6.07) is 18.6. The number of carbonyl (C=O) groups excluding carboxylic acids is 1. The van der Waals surface area contributed by atoms with E-state index in [1.165, 1.54) is 17.8 Å². The Balaban J connectivity index is 1.58. The average Bonchev–Trinajstić information content (AvgIpc) is 2.71. The van der Waals surface area contributed by atoms with E-state index >= 15 is 0 Å². The summed E-state index contributed by atoms with van der Waals surface area (Å²) < 4.78 is 5.22. The van der Waals surface area contributed by atoms with Crippen molar-refractivity contribution < 1.29 is 9.53 Å². The number of benzene rings is 2. The number of rotatable bonds is 8. The number of para-hydroxylation sites is 2. The third kappa shape index (κ3) is 5.90. The zero-order valence-corrected chi connectivity index (χ0v) is 16.8. The molecule has 2 N–H and O–H groups in total. The minimum atomic E-state index is -0.230. The predicted molar refractivity (Wildman–Crippen MR) is 113 cm³/mol. The van der Waals surface area contributed by atoms with E-state index in [9.17, 15) is 9.59 Å². The van der Waals surface area contributed by atoms with Crippen molar-refractivity contribution in [1.29, 1.82) is 0 Å². The molecule has 3 rings (SSSR count). The second-order valence-corrected chi connectivity index (χ2v) is 7.69. The number of H-pyrrole nitrogens is 1. The molecule has 144 valence electrons. The molecule has 0 atom stereocenters. The number of carbonyl (C=O) groups is 1. The zero-order chi connectivity index (χ0) is 19.8. The number of anilines is 1. The lowest BCUT2D eigenvalue weighted by atomic mass is 10.3. The third-order valence-electron chi connectivity index (χ3n) is 3.62. The maximum absolute atomic E-state index is 12.2. The second-order valence-electron chi connectivity index (χ2n) is 5.68. The Labute approximate surface area is 171 Å². The monoisotopic (exact) mass is 413 g/mol. The second kappa shape index (κ2) is 10.0. The molecule has 0 fully saturated rings. The van der Waals surface area contributed by atoms with E-state index in [0.29, 0.717) is 28.0 Å². The molecular formula is C20H19N3O3S2. The molecule has 28 heavy (non-hydrogen) atoms. The fourth-order valence-electron chi connectivity index (χ4n) is 2.37. The van der Waals surface area contributed by atoms with Crippen LogP contribution in [0.2, 0.25) is 0 Å². The third-order valence-corrected chi connectivity index (χ3v) is 5.54. The number of aromatic amines is 1. The van der Waals surface area contributed by atoms with Gasteiger partial charge in [0.2, 0.25) is 5.91 Å². The van der Waals surface area contributed by atoms with Crippen LogP contribution < -0.4 is 15.6 Å². The normalized spacial score (nSPS) is 10.5. The van der Waals surface area contributed by atoms with Crippen molar-refractivity contribution >= 4 is 35.1 Å². The molecule has 0 bridgehead atoms. The summed E-state index contributed by atoms with van der Waals surface area (Å²) in [5, 5.41) is 3.22. The highest BCUT2D eigenvalue weighted by atomic mass is 32.2. The summed E-state index contributed by atoms with van der Waals surface area (Å²) in [5.41, 5.74) is 1.04. The van der Waals surface area contributed by atoms with Crippen LogP contribution in [0.15, 0.2) is 75.5 Å². The van der Waals surface area contributed by atoms with Gasteiger partial charge in [0.15, 0.2) is 5.16 Å². The molecule has 8 heteroatoms. The summed E-state index contributed by atoms with van der Waals surface area (Å²) in [4.78, 5) is 32.3. The molecule has 0 saturated carbocycles. The number of nitrogens with zero attached hydrogens (tertiary/aromatic N) is 1. The van der Waals surface area contributed by atoms with E-state index in [0.717, 1.165) is 4.90 Å². The molecule has 3 aromatic rings. The molecule has 0 aliphatic carbocycles. The van der Waals surface area contributed by atoms with E-state index in [2.05, 4.69) is 15.3 Å². The van der Waals surface area contributed by atoms with Crippen molar-refractivity contribution in [3.05, 3.63) is 76.7 Å². The highest BCUT2D eigenvalue weighted by molar-refractivity contribution is 7.99. The van der Waals surface area contributed by atoms with Gasteiger partial charge in [-0.1, -0.05) is 42.1 Å². The fraction of sp³-hybridized carbons (Fsp3) is 0.150. The highest BCUT2D eigenvalue weighted by Crippen LogP contribution is 2.24. The maximum atomic E-state index is 12.2. The van der Waals surface area contributed by atoms with Crippen LogP contribution in [0.1, 0.15) is 5.69 Å². The molecule has 1 heterocycles. The molecule has 0 aliphatic heterocycles. The van der Waals surface area contributed by atoms with Crippen molar-refractivity contribution in [2.24, 2.45) is 0 Å². The van der Waals surface area contributed by atoms with Gasteiger partial charge in [0.25, 0.3) is 5.56 Å². The quantitative estimate of drug-likeness (QED) is 0.432. The van der Waals surface area contributed by atoms with E-state index < -0.39 is 0 Å². The molecule has 1 aromatic heterocycles. The SMILES string of the molecule is COc1ccccc1NC(=O)CSc1nc(CSc2ccccc2)cc(=O)[nH]1. The lowest BCUT2D eigenvalue weighted by Gasteiger charge is -2.09. The first-order valence-electron chi connectivity index (χ1n) is 8.48. The number of nitrogens with one attached hydrogen (secondary N) is 2. The van der Waals surface area contributed by atoms with Gasteiger partial charge in [-0.25, -0.2) is 4.98 Å². The Bertz CT molecular complexity index is 993. The molecule has 0 spiro atoms. The Morgan fingerprint density at radius 3 is 2.64 bits per heavy atom. The lowest BCUT2D eigenvalue weighted by molar-refractivity contribution is -0.113. The first-order valence-corrected chi connectivity index (χ1v) is 10.4. The average molecular weight is 414 g/mol. The Morgan fingerprint density at radius 1 is 1.11 bits per heavy atom. The number of amides is 1. The van der Waals surface area contributed by atoms with Crippen LogP contribution in [0.3, 0.4) is 0 Å². The van der Waals surface area contributed by atoms with Crippen LogP contribution in [-0.4, -0.2) is 28.7 Å². The van der Waals surface area contributed by atoms with E-state index in [4.69, 9.17) is 4.74 Å². The van der Waals surface area contributed by atoms with Gasteiger partial charge >= 0.3 is 0 Å². The van der Waals surface area contributed by atoms with Gasteiger partial charge in [-0.15, -0.1) is 11.8 Å². The lowest BCUT2D eigenvalue weighted by Crippen LogP contribution is -2.16. The van der Waals surface area contributed by atoms with E-state index in [1.807, 2.05) is 42.5 Å². The molecule has 6 nitrogen and oxygen atoms in total. The fourth-order valence-corrected chi connectivity index (χ4v) is 3.87. The maximum Gasteiger partial charge on any atom is 0.251 e. The van der Waals surface area contributed by atoms with Crippen molar-refractivity contribution in [3.8, 4) is 5.75 Å². The molecular weight excluding hydrogens is 394 g/mol. The summed E-state index contributed by atoms with van der Waals surface area (Å²) in [5.74, 6) is 1.08. The van der Waals surface area contributed by atoms with Gasteiger partial charge in [0.05, 0.1) is 24.2 Å². The van der Waals surface area contributed by atoms with Crippen LogP contribution in [0, 0.1) is 0 Å². The molecule has 0 radical (unpaired) electrons. The molecule has 1 amide bonds. The summed E-state index contributed by atoms with van der Waals surface area (Å²) in [6.07, 6.45) is 0. The van der Waals surface area contributed by atoms with E-state index in [-0.39, 0.29) is 17.2 Å². The summed E-state index contributed by atoms with van der Waals surface area (Å²) in [6.45, 7) is 0. The molecule has 0 unspecified atom stereocenters. The molecule has 0 saturated heterocycles. The Kier molecular flexibility index (Phi) is 7.16. The van der Waals surface area contributed by atoms with Crippen molar-refractivity contribution in [2.75, 3.05) is 18.2 Å². The number of ether oxygens (including phenoxy) is 1. The van der Waals surface area contributed by atoms with Crippen molar-refractivity contribution in [3.63, 3.8) is 0 Å². The number of hydrogen-bond donors (Lipinski definition) is 2. The number of methoxy groups -OCH3 is 1. The Hall–Kier alpha value is -2.71. The van der Waals surface area contributed by atoms with E-state index in [1.54, 1.807) is 31.0 Å². The van der Waals surface area contributed by atoms with Gasteiger partial charge in [-0.2, -0.15) is 0 Å². The predicted octanol–water partition coefficient (Wildman–Crippen LogP) is 3.80. The van der Waals surface area contributed by atoms with Gasteiger partial charge < -0.3 is 15.0 Å². The number of aromatic nitrogens is 2. The smallest absolute Gasteiger partial charge is 0.251 e. The van der Waals surface area contributed by atoms with Gasteiger partial charge in [-0.3, -0.25) is 9.59 Å². The van der Waals surface area contributed by atoms with Crippen molar-refractivity contribution in [1.82, 2.24) is 9.97 Å².